The Labute approximate surface area is 184 Å². The van der Waals surface area contributed by atoms with Crippen LogP contribution in [0.2, 0.25) is 0 Å². The van der Waals surface area contributed by atoms with Crippen molar-refractivity contribution in [3.8, 4) is 0 Å². The number of nitrogens with zero attached hydrogens (tertiary/aromatic N) is 2. The van der Waals surface area contributed by atoms with Crippen molar-refractivity contribution >= 4 is 41.3 Å². The van der Waals surface area contributed by atoms with E-state index in [-0.39, 0.29) is 24.0 Å². The van der Waals surface area contributed by atoms with Crippen LogP contribution in [0.15, 0.2) is 34.6 Å². The first kappa shape index (κ1) is 25.5. The number of hydrogen-bond donors (Lipinski definition) is 2. The van der Waals surface area contributed by atoms with Gasteiger partial charge in [0.05, 0.1) is 10.6 Å². The Bertz CT molecular complexity index is 786. The maximum Gasteiger partial charge on any atom is 0.434 e. The molecule has 0 unspecified atom stereocenters. The number of hydrogen-bond acceptors (Lipinski definition) is 3. The largest absolute Gasteiger partial charge is 0.434 e. The molecule has 0 aliphatic heterocycles. The van der Waals surface area contributed by atoms with E-state index in [2.05, 4.69) is 20.6 Å². The van der Waals surface area contributed by atoms with Gasteiger partial charge in [0.1, 0.15) is 0 Å². The highest BCUT2D eigenvalue weighted by atomic mass is 127. The van der Waals surface area contributed by atoms with Crippen molar-refractivity contribution < 1.29 is 26.3 Å². The number of thiazole rings is 1. The summed E-state index contributed by atoms with van der Waals surface area (Å²) in [6.45, 7) is 0.769. The molecule has 162 valence electrons. The van der Waals surface area contributed by atoms with Gasteiger partial charge in [-0.3, -0.25) is 4.99 Å². The average molecular weight is 552 g/mol. The van der Waals surface area contributed by atoms with Crippen molar-refractivity contribution in [1.29, 1.82) is 0 Å². The Hall–Kier alpha value is -1.57. The van der Waals surface area contributed by atoms with Gasteiger partial charge < -0.3 is 10.6 Å². The van der Waals surface area contributed by atoms with Crippen molar-refractivity contribution in [2.75, 3.05) is 20.1 Å². The summed E-state index contributed by atoms with van der Waals surface area (Å²) in [6, 6.07) is 4.90. The maximum atomic E-state index is 12.5. The third-order valence-corrected chi connectivity index (χ3v) is 4.59. The highest BCUT2D eigenvalue weighted by Crippen LogP contribution is 2.30. The summed E-state index contributed by atoms with van der Waals surface area (Å²) in [4.78, 5) is 7.53. The fourth-order valence-electron chi connectivity index (χ4n) is 2.25. The molecule has 0 amide bonds. The van der Waals surface area contributed by atoms with E-state index in [0.717, 1.165) is 34.4 Å². The average Bonchev–Trinajstić information content (AvgIpc) is 3.09. The number of rotatable bonds is 6. The molecular formula is C17H19F6IN4S. The van der Waals surface area contributed by atoms with Crippen LogP contribution >= 0.6 is 35.3 Å². The van der Waals surface area contributed by atoms with Gasteiger partial charge in [-0.2, -0.15) is 26.3 Å². The molecule has 0 aliphatic carbocycles. The number of halogens is 7. The smallest absolute Gasteiger partial charge is 0.356 e. The lowest BCUT2D eigenvalue weighted by atomic mass is 10.1. The number of aliphatic imine (C=N–C) groups is 1. The summed E-state index contributed by atoms with van der Waals surface area (Å²) in [5.41, 5.74) is -0.859. The van der Waals surface area contributed by atoms with Gasteiger partial charge in [-0.15, -0.1) is 35.3 Å². The zero-order chi connectivity index (χ0) is 20.8. The highest BCUT2D eigenvalue weighted by Gasteiger charge is 2.33. The number of benzene rings is 1. The molecule has 1 aromatic carbocycles. The number of aromatic nitrogens is 1. The quantitative estimate of drug-likeness (QED) is 0.236. The molecule has 4 nitrogen and oxygen atoms in total. The second-order valence-corrected chi connectivity index (χ2v) is 6.69. The Morgan fingerprint density at radius 3 is 2.03 bits per heavy atom. The Balaban J connectivity index is 0.00000420. The van der Waals surface area contributed by atoms with Crippen LogP contribution in [0.4, 0.5) is 26.3 Å². The standard InChI is InChI=1S/C17H18F6N4S.HI/c1-24-15(26-9-7-14-27-13(10-28-14)17(21,22)23)25-8-6-11-2-4-12(5-3-11)16(18,19)20;/h2-5,10H,6-9H2,1H3,(H2,24,25,26);1H. The zero-order valence-electron chi connectivity index (χ0n) is 15.2. The molecule has 0 spiro atoms. The van der Waals surface area contributed by atoms with Crippen LogP contribution in [0.25, 0.3) is 0 Å². The van der Waals surface area contributed by atoms with Gasteiger partial charge in [0, 0.05) is 31.9 Å². The summed E-state index contributed by atoms with van der Waals surface area (Å²) < 4.78 is 75.1. The lowest BCUT2D eigenvalue weighted by Gasteiger charge is -2.12. The molecule has 0 fully saturated rings. The Kier molecular flexibility index (Phi) is 9.65. The van der Waals surface area contributed by atoms with E-state index >= 15 is 0 Å². The van der Waals surface area contributed by atoms with E-state index in [1.807, 2.05) is 0 Å². The van der Waals surface area contributed by atoms with Crippen LogP contribution in [0.3, 0.4) is 0 Å². The summed E-state index contributed by atoms with van der Waals surface area (Å²) in [7, 11) is 1.54. The molecule has 0 bridgehead atoms. The summed E-state index contributed by atoms with van der Waals surface area (Å²) >= 11 is 0.942. The van der Waals surface area contributed by atoms with E-state index in [9.17, 15) is 26.3 Å². The van der Waals surface area contributed by atoms with Gasteiger partial charge >= 0.3 is 12.4 Å². The van der Waals surface area contributed by atoms with Crippen molar-refractivity contribution in [1.82, 2.24) is 15.6 Å². The molecular weight excluding hydrogens is 533 g/mol. The van der Waals surface area contributed by atoms with Crippen molar-refractivity contribution in [3.05, 3.63) is 51.5 Å². The fraction of sp³-hybridized carbons (Fsp3) is 0.412. The molecule has 1 heterocycles. The molecule has 12 heteroatoms. The van der Waals surface area contributed by atoms with E-state index in [0.29, 0.717) is 36.9 Å². The van der Waals surface area contributed by atoms with E-state index in [1.54, 1.807) is 7.05 Å². The molecule has 0 saturated carbocycles. The van der Waals surface area contributed by atoms with Crippen LogP contribution in [0.5, 0.6) is 0 Å². The molecule has 2 rings (SSSR count). The third kappa shape index (κ3) is 8.36. The second kappa shape index (κ2) is 11.0. The molecule has 2 N–H and O–H groups in total. The molecule has 0 radical (unpaired) electrons. The SMILES string of the molecule is CN=C(NCCc1ccc(C(F)(F)F)cc1)NCCc1nc(C(F)(F)F)cs1.I. The summed E-state index contributed by atoms with van der Waals surface area (Å²) in [5.74, 6) is 0.444. The first-order chi connectivity index (χ1) is 13.1. The van der Waals surface area contributed by atoms with Gasteiger partial charge in [-0.05, 0) is 24.1 Å². The molecule has 0 atom stereocenters. The van der Waals surface area contributed by atoms with Gasteiger partial charge in [0.2, 0.25) is 0 Å². The molecule has 29 heavy (non-hydrogen) atoms. The lowest BCUT2D eigenvalue weighted by molar-refractivity contribution is -0.141. The van der Waals surface area contributed by atoms with Crippen molar-refractivity contribution in [3.63, 3.8) is 0 Å². The predicted octanol–water partition coefficient (Wildman–Crippen LogP) is 4.75. The molecule has 0 saturated heterocycles. The van der Waals surface area contributed by atoms with E-state index in [4.69, 9.17) is 0 Å². The van der Waals surface area contributed by atoms with Crippen LogP contribution in [-0.2, 0) is 25.2 Å². The number of nitrogens with one attached hydrogen (secondary N) is 2. The van der Waals surface area contributed by atoms with Crippen molar-refractivity contribution in [2.24, 2.45) is 4.99 Å². The van der Waals surface area contributed by atoms with Gasteiger partial charge in [0.25, 0.3) is 0 Å². The summed E-state index contributed by atoms with van der Waals surface area (Å²) in [5, 5.41) is 7.29. The zero-order valence-corrected chi connectivity index (χ0v) is 18.3. The molecule has 1 aromatic heterocycles. The Morgan fingerprint density at radius 1 is 0.966 bits per heavy atom. The normalized spacial score (nSPS) is 12.4. The minimum absolute atomic E-state index is 0. The summed E-state index contributed by atoms with van der Waals surface area (Å²) in [6.07, 6.45) is -8.01. The first-order valence-corrected chi connectivity index (χ1v) is 9.10. The minimum Gasteiger partial charge on any atom is -0.356 e. The van der Waals surface area contributed by atoms with Crippen LogP contribution in [-0.4, -0.2) is 31.1 Å². The third-order valence-electron chi connectivity index (χ3n) is 3.68. The topological polar surface area (TPSA) is 49.3 Å². The predicted molar refractivity (Wildman–Crippen MR) is 111 cm³/mol. The van der Waals surface area contributed by atoms with Gasteiger partial charge in [-0.1, -0.05) is 12.1 Å². The monoisotopic (exact) mass is 552 g/mol. The van der Waals surface area contributed by atoms with Crippen molar-refractivity contribution in [2.45, 2.75) is 25.2 Å². The lowest BCUT2D eigenvalue weighted by Crippen LogP contribution is -2.39. The molecule has 0 aliphatic rings. The fourth-order valence-corrected chi connectivity index (χ4v) is 3.05. The van der Waals surface area contributed by atoms with Gasteiger partial charge in [0.15, 0.2) is 11.7 Å². The van der Waals surface area contributed by atoms with Crippen LogP contribution in [0.1, 0.15) is 21.8 Å². The van der Waals surface area contributed by atoms with Gasteiger partial charge in [-0.25, -0.2) is 4.98 Å². The Morgan fingerprint density at radius 2 is 1.55 bits per heavy atom. The van der Waals surface area contributed by atoms with Crippen LogP contribution in [0, 0.1) is 0 Å². The minimum atomic E-state index is -4.45. The second-order valence-electron chi connectivity index (χ2n) is 5.74. The first-order valence-electron chi connectivity index (χ1n) is 8.22. The maximum absolute atomic E-state index is 12.5. The van der Waals surface area contributed by atoms with E-state index < -0.39 is 23.6 Å². The van der Waals surface area contributed by atoms with E-state index in [1.165, 1.54) is 12.1 Å². The highest BCUT2D eigenvalue weighted by molar-refractivity contribution is 14.0. The number of alkyl halides is 6. The van der Waals surface area contributed by atoms with Crippen LogP contribution < -0.4 is 10.6 Å². The molecule has 2 aromatic rings. The number of guanidine groups is 1.